The summed E-state index contributed by atoms with van der Waals surface area (Å²) in [7, 11) is 1.82. The molecule has 1 fully saturated rings. The molecular formula is C13H29IN4O. The Morgan fingerprint density at radius 2 is 1.84 bits per heavy atom. The fourth-order valence-corrected chi connectivity index (χ4v) is 1.86. The summed E-state index contributed by atoms with van der Waals surface area (Å²) >= 11 is 0. The highest BCUT2D eigenvalue weighted by Gasteiger charge is 2.09. The smallest absolute Gasteiger partial charge is 0.191 e. The molecule has 0 unspecified atom stereocenters. The first-order valence-corrected chi connectivity index (χ1v) is 6.97. The Bertz CT molecular complexity index is 243. The highest BCUT2D eigenvalue weighted by molar-refractivity contribution is 14.0. The fourth-order valence-electron chi connectivity index (χ4n) is 1.86. The van der Waals surface area contributed by atoms with Gasteiger partial charge in [0.2, 0.25) is 0 Å². The lowest BCUT2D eigenvalue weighted by Gasteiger charge is -2.26. The molecule has 1 heterocycles. The summed E-state index contributed by atoms with van der Waals surface area (Å²) in [4.78, 5) is 6.63. The molecule has 0 aromatic carbocycles. The third-order valence-corrected chi connectivity index (χ3v) is 3.06. The molecule has 1 rings (SSSR count). The second-order valence-corrected chi connectivity index (χ2v) is 5.06. The van der Waals surface area contributed by atoms with Gasteiger partial charge in [-0.2, -0.15) is 0 Å². The van der Waals surface area contributed by atoms with E-state index in [1.165, 1.54) is 6.42 Å². The van der Waals surface area contributed by atoms with Crippen LogP contribution in [-0.4, -0.2) is 63.8 Å². The summed E-state index contributed by atoms with van der Waals surface area (Å²) in [5.41, 5.74) is 0. The van der Waals surface area contributed by atoms with Crippen molar-refractivity contribution < 1.29 is 4.74 Å². The summed E-state index contributed by atoms with van der Waals surface area (Å²) in [5, 5.41) is 6.68. The van der Waals surface area contributed by atoms with Gasteiger partial charge in [0.1, 0.15) is 0 Å². The summed E-state index contributed by atoms with van der Waals surface area (Å²) < 4.78 is 5.33. The normalized spacial score (nSPS) is 17.2. The third kappa shape index (κ3) is 9.45. The number of ether oxygens (including phenoxy) is 1. The van der Waals surface area contributed by atoms with Crippen molar-refractivity contribution in [1.29, 1.82) is 0 Å². The van der Waals surface area contributed by atoms with Gasteiger partial charge in [-0.25, -0.2) is 0 Å². The lowest BCUT2D eigenvalue weighted by atomic mass is 10.1. The Labute approximate surface area is 134 Å². The van der Waals surface area contributed by atoms with E-state index < -0.39 is 0 Å². The van der Waals surface area contributed by atoms with E-state index in [1.807, 2.05) is 7.05 Å². The zero-order chi connectivity index (χ0) is 13.2. The van der Waals surface area contributed by atoms with Crippen molar-refractivity contribution in [1.82, 2.24) is 15.5 Å². The molecular weight excluding hydrogens is 355 g/mol. The van der Waals surface area contributed by atoms with Gasteiger partial charge in [-0.1, -0.05) is 13.8 Å². The molecule has 6 heteroatoms. The third-order valence-electron chi connectivity index (χ3n) is 3.06. The molecule has 0 radical (unpaired) electrons. The monoisotopic (exact) mass is 384 g/mol. The SMILES string of the molecule is CN=C(NCCC(C)C)NCCN1CCOCC1.I. The van der Waals surface area contributed by atoms with Gasteiger partial charge in [-0.15, -0.1) is 24.0 Å². The Kier molecular flexibility index (Phi) is 11.7. The summed E-state index contributed by atoms with van der Waals surface area (Å²) in [6, 6.07) is 0. The minimum Gasteiger partial charge on any atom is -0.379 e. The minimum atomic E-state index is 0. The molecule has 1 aliphatic heterocycles. The minimum absolute atomic E-state index is 0. The average Bonchev–Trinajstić information content (AvgIpc) is 2.38. The van der Waals surface area contributed by atoms with E-state index in [2.05, 4.69) is 34.4 Å². The Balaban J connectivity index is 0.00000324. The van der Waals surface area contributed by atoms with Gasteiger partial charge in [0.05, 0.1) is 13.2 Å². The zero-order valence-corrected chi connectivity index (χ0v) is 14.8. The molecule has 0 atom stereocenters. The van der Waals surface area contributed by atoms with Crippen LogP contribution in [0.5, 0.6) is 0 Å². The molecule has 0 saturated carbocycles. The standard InChI is InChI=1S/C13H28N4O.HI/c1-12(2)4-5-15-13(14-3)16-6-7-17-8-10-18-11-9-17;/h12H,4-11H2,1-3H3,(H2,14,15,16);1H. The van der Waals surface area contributed by atoms with Gasteiger partial charge in [0, 0.05) is 39.8 Å². The van der Waals surface area contributed by atoms with Crippen molar-refractivity contribution in [3.8, 4) is 0 Å². The Hall–Kier alpha value is -0.0800. The number of rotatable bonds is 6. The predicted octanol–water partition coefficient (Wildman–Crippen LogP) is 1.15. The van der Waals surface area contributed by atoms with Crippen LogP contribution in [0.4, 0.5) is 0 Å². The number of aliphatic imine (C=N–C) groups is 1. The zero-order valence-electron chi connectivity index (χ0n) is 12.4. The Morgan fingerprint density at radius 1 is 1.21 bits per heavy atom. The molecule has 5 nitrogen and oxygen atoms in total. The van der Waals surface area contributed by atoms with Crippen LogP contribution >= 0.6 is 24.0 Å². The van der Waals surface area contributed by atoms with Gasteiger partial charge in [-0.05, 0) is 12.3 Å². The summed E-state index contributed by atoms with van der Waals surface area (Å²) in [6.45, 7) is 11.2. The molecule has 0 aliphatic carbocycles. The molecule has 0 spiro atoms. The molecule has 0 bridgehead atoms. The molecule has 1 aliphatic rings. The highest BCUT2D eigenvalue weighted by atomic mass is 127. The number of halogens is 1. The number of hydrogen-bond acceptors (Lipinski definition) is 3. The van der Waals surface area contributed by atoms with Crippen molar-refractivity contribution in [2.24, 2.45) is 10.9 Å². The van der Waals surface area contributed by atoms with Gasteiger partial charge in [0.25, 0.3) is 0 Å². The summed E-state index contributed by atoms with van der Waals surface area (Å²) in [6.07, 6.45) is 1.17. The quantitative estimate of drug-likeness (QED) is 0.410. The molecule has 114 valence electrons. The number of morpholine rings is 1. The van der Waals surface area contributed by atoms with Crippen LogP contribution in [0.1, 0.15) is 20.3 Å². The molecule has 0 aromatic rings. The van der Waals surface area contributed by atoms with Crippen LogP contribution < -0.4 is 10.6 Å². The maximum atomic E-state index is 5.33. The van der Waals surface area contributed by atoms with Crippen molar-refractivity contribution >= 4 is 29.9 Å². The van der Waals surface area contributed by atoms with E-state index >= 15 is 0 Å². The van der Waals surface area contributed by atoms with Crippen molar-refractivity contribution in [3.05, 3.63) is 0 Å². The van der Waals surface area contributed by atoms with Crippen LogP contribution in [0.15, 0.2) is 4.99 Å². The first-order chi connectivity index (χ1) is 8.72. The number of nitrogens with zero attached hydrogens (tertiary/aromatic N) is 2. The second kappa shape index (κ2) is 11.7. The van der Waals surface area contributed by atoms with E-state index in [0.717, 1.165) is 57.8 Å². The second-order valence-electron chi connectivity index (χ2n) is 5.06. The van der Waals surface area contributed by atoms with E-state index in [1.54, 1.807) is 0 Å². The van der Waals surface area contributed by atoms with Gasteiger partial charge in [-0.3, -0.25) is 9.89 Å². The van der Waals surface area contributed by atoms with Crippen LogP contribution in [0.25, 0.3) is 0 Å². The van der Waals surface area contributed by atoms with Crippen molar-refractivity contribution in [2.45, 2.75) is 20.3 Å². The van der Waals surface area contributed by atoms with Crippen LogP contribution in [-0.2, 0) is 4.74 Å². The predicted molar refractivity (Wildman–Crippen MR) is 91.5 cm³/mol. The lowest BCUT2D eigenvalue weighted by Crippen LogP contribution is -2.44. The van der Waals surface area contributed by atoms with Gasteiger partial charge < -0.3 is 15.4 Å². The largest absolute Gasteiger partial charge is 0.379 e. The van der Waals surface area contributed by atoms with Crippen molar-refractivity contribution in [2.75, 3.05) is 53.0 Å². The van der Waals surface area contributed by atoms with Gasteiger partial charge in [0.15, 0.2) is 5.96 Å². The summed E-state index contributed by atoms with van der Waals surface area (Å²) in [5.74, 6) is 1.63. The van der Waals surface area contributed by atoms with Crippen LogP contribution in [0.2, 0.25) is 0 Å². The van der Waals surface area contributed by atoms with E-state index in [9.17, 15) is 0 Å². The van der Waals surface area contributed by atoms with E-state index in [4.69, 9.17) is 4.74 Å². The Morgan fingerprint density at radius 3 is 2.42 bits per heavy atom. The van der Waals surface area contributed by atoms with Crippen molar-refractivity contribution in [3.63, 3.8) is 0 Å². The van der Waals surface area contributed by atoms with Crippen LogP contribution in [0, 0.1) is 5.92 Å². The molecule has 19 heavy (non-hydrogen) atoms. The lowest BCUT2D eigenvalue weighted by molar-refractivity contribution is 0.0389. The first kappa shape index (κ1) is 18.9. The molecule has 0 aromatic heterocycles. The molecule has 2 N–H and O–H groups in total. The van der Waals surface area contributed by atoms with Crippen LogP contribution in [0.3, 0.4) is 0 Å². The highest BCUT2D eigenvalue weighted by Crippen LogP contribution is 1.96. The average molecular weight is 384 g/mol. The fraction of sp³-hybridized carbons (Fsp3) is 0.923. The number of hydrogen-bond donors (Lipinski definition) is 2. The maximum Gasteiger partial charge on any atom is 0.191 e. The number of nitrogens with one attached hydrogen (secondary N) is 2. The first-order valence-electron chi connectivity index (χ1n) is 6.97. The van der Waals surface area contributed by atoms with E-state index in [0.29, 0.717) is 0 Å². The van der Waals surface area contributed by atoms with E-state index in [-0.39, 0.29) is 24.0 Å². The molecule has 0 amide bonds. The topological polar surface area (TPSA) is 48.9 Å². The molecule has 1 saturated heterocycles. The number of guanidine groups is 1. The maximum absolute atomic E-state index is 5.33. The van der Waals surface area contributed by atoms with Gasteiger partial charge >= 0.3 is 0 Å².